The lowest BCUT2D eigenvalue weighted by molar-refractivity contribution is -0.387. The van der Waals surface area contributed by atoms with Crippen LogP contribution in [-0.4, -0.2) is 22.1 Å². The van der Waals surface area contributed by atoms with Gasteiger partial charge in [-0.25, -0.2) is 8.78 Å². The summed E-state index contributed by atoms with van der Waals surface area (Å²) in [6, 6.07) is 13.0. The second kappa shape index (κ2) is 14.4. The van der Waals surface area contributed by atoms with E-state index in [4.69, 9.17) is 21.5 Å². The molecule has 5 rings (SSSR count). The van der Waals surface area contributed by atoms with Gasteiger partial charge in [-0.3, -0.25) is 10.1 Å². The zero-order valence-corrected chi connectivity index (χ0v) is 22.6. The lowest BCUT2D eigenvalue weighted by atomic mass is 9.84. The van der Waals surface area contributed by atoms with E-state index in [1.54, 1.807) is 12.1 Å². The third-order valence-electron chi connectivity index (χ3n) is 5.18. The van der Waals surface area contributed by atoms with Crippen molar-refractivity contribution in [3.05, 3.63) is 96.7 Å². The first-order chi connectivity index (χ1) is 17.4. The lowest BCUT2D eigenvalue weighted by Crippen LogP contribution is -2.09. The van der Waals surface area contributed by atoms with E-state index in [9.17, 15) is 23.3 Å². The highest BCUT2D eigenvalue weighted by Crippen LogP contribution is 2.40. The molecule has 37 heavy (non-hydrogen) atoms. The Labute approximate surface area is 229 Å². The molecule has 3 aromatic carbocycles. The Morgan fingerprint density at radius 2 is 1.30 bits per heavy atom. The van der Waals surface area contributed by atoms with Gasteiger partial charge in [-0.15, -0.1) is 0 Å². The number of nitrogens with two attached hydrogens (primary N) is 2. The summed E-state index contributed by atoms with van der Waals surface area (Å²) in [5, 5.41) is 26.6. The van der Waals surface area contributed by atoms with E-state index in [1.165, 1.54) is 42.7 Å². The third-order valence-corrected chi connectivity index (χ3v) is 6.16. The van der Waals surface area contributed by atoms with Gasteiger partial charge < -0.3 is 21.5 Å². The minimum absolute atomic E-state index is 0.171. The average molecular weight is 647 g/mol. The molecule has 198 valence electrons. The first kappa shape index (κ1) is 30.6. The number of nitro benzene ring substituents is 1. The minimum atomic E-state index is -1.04. The summed E-state index contributed by atoms with van der Waals surface area (Å²) in [4.78, 5) is 9.35. The number of nitrogens with zero attached hydrogens (tertiary/aromatic N) is 1. The molecule has 2 aliphatic carbocycles. The largest absolute Gasteiger partial charge is 0.454 e. The van der Waals surface area contributed by atoms with Gasteiger partial charge in [0.15, 0.2) is 0 Å². The van der Waals surface area contributed by atoms with Crippen LogP contribution in [0.2, 0.25) is 5.82 Å². The molecule has 0 saturated heterocycles. The van der Waals surface area contributed by atoms with Crippen molar-refractivity contribution in [2.45, 2.75) is 37.4 Å². The maximum Gasteiger partial charge on any atom is 0.454 e. The van der Waals surface area contributed by atoms with E-state index >= 15 is 0 Å². The highest BCUT2D eigenvalue weighted by molar-refractivity contribution is 9.10. The summed E-state index contributed by atoms with van der Waals surface area (Å²) in [5.41, 5.74) is 11.7. The molecule has 6 N–H and O–H groups in total. The monoisotopic (exact) mass is 645 g/mol. The van der Waals surface area contributed by atoms with Crippen molar-refractivity contribution in [2.75, 3.05) is 11.5 Å². The Morgan fingerprint density at radius 1 is 0.811 bits per heavy atom. The Morgan fingerprint density at radius 3 is 1.65 bits per heavy atom. The number of halogens is 5. The van der Waals surface area contributed by atoms with E-state index in [1.807, 2.05) is 6.07 Å². The smallest absolute Gasteiger partial charge is 0.427 e. The van der Waals surface area contributed by atoms with Crippen LogP contribution in [0.15, 0.2) is 63.5 Å². The zero-order valence-electron chi connectivity index (χ0n) is 19.5. The van der Waals surface area contributed by atoms with Crippen molar-refractivity contribution in [1.82, 2.24) is 0 Å². The van der Waals surface area contributed by atoms with Crippen molar-refractivity contribution in [3.8, 4) is 0 Å². The van der Waals surface area contributed by atoms with Crippen LogP contribution in [0.5, 0.6) is 0 Å². The van der Waals surface area contributed by atoms with Gasteiger partial charge in [0.1, 0.15) is 11.6 Å². The number of anilines is 2. The van der Waals surface area contributed by atoms with Crippen molar-refractivity contribution >= 4 is 56.0 Å². The van der Waals surface area contributed by atoms with Gasteiger partial charge in [-0.1, -0.05) is 50.8 Å². The fourth-order valence-corrected chi connectivity index (χ4v) is 3.50. The van der Waals surface area contributed by atoms with Crippen LogP contribution < -0.4 is 11.5 Å². The molecule has 0 spiro atoms. The fourth-order valence-electron chi connectivity index (χ4n) is 2.77. The standard InChI is InChI=1S/C9H10FN.C6H3BrFNO2.C6H5BrFN.C3H7BO2/c10-8-4-3-7(5-9(8)11)6-1-2-6;7-4-1-2-5(8)6(3-4)9(10)11;7-4-1-2-5(8)6(9)3-4;5-4(6)3-1-2-3/h3-6H,1-2,11H2;1-3H;1-3H,9H2;3,5-6H,1-2H2. The van der Waals surface area contributed by atoms with E-state index in [-0.39, 0.29) is 28.8 Å². The van der Waals surface area contributed by atoms with Crippen LogP contribution in [0, 0.1) is 27.6 Å². The first-order valence-electron chi connectivity index (χ1n) is 11.1. The number of hydrogen-bond acceptors (Lipinski definition) is 6. The number of hydrogen-bond donors (Lipinski definition) is 4. The van der Waals surface area contributed by atoms with Crippen LogP contribution in [-0.2, 0) is 0 Å². The Balaban J connectivity index is 0.000000177. The van der Waals surface area contributed by atoms with Crippen LogP contribution in [0.4, 0.5) is 30.2 Å². The third kappa shape index (κ3) is 11.1. The van der Waals surface area contributed by atoms with Crippen molar-refractivity contribution in [1.29, 1.82) is 0 Å². The summed E-state index contributed by atoms with van der Waals surface area (Å²) in [6.45, 7) is 0. The highest BCUT2D eigenvalue weighted by atomic mass is 79.9. The number of benzene rings is 3. The van der Waals surface area contributed by atoms with E-state index < -0.39 is 23.5 Å². The fraction of sp³-hybridized carbons (Fsp3) is 0.250. The molecular weight excluding hydrogens is 622 g/mol. The predicted octanol–water partition coefficient (Wildman–Crippen LogP) is 6.58. The van der Waals surface area contributed by atoms with Crippen molar-refractivity contribution in [3.63, 3.8) is 0 Å². The summed E-state index contributed by atoms with van der Waals surface area (Å²) >= 11 is 6.14. The topological polar surface area (TPSA) is 136 Å². The number of nitro groups is 1. The quantitative estimate of drug-likeness (QED) is 0.110. The Kier molecular flexibility index (Phi) is 11.9. The predicted molar refractivity (Wildman–Crippen MR) is 145 cm³/mol. The van der Waals surface area contributed by atoms with Crippen LogP contribution in [0.25, 0.3) is 0 Å². The molecule has 0 unspecified atom stereocenters. The molecular formula is C24H25BBr2F3N3O4. The van der Waals surface area contributed by atoms with E-state index in [2.05, 4.69) is 31.9 Å². The van der Waals surface area contributed by atoms with Crippen LogP contribution >= 0.6 is 31.9 Å². The summed E-state index contributed by atoms with van der Waals surface area (Å²) in [6.07, 6.45) is 4.45. The van der Waals surface area contributed by atoms with Gasteiger partial charge in [-0.2, -0.15) is 4.39 Å². The molecule has 0 aliphatic heterocycles. The molecule has 7 nitrogen and oxygen atoms in total. The SMILES string of the molecule is Nc1cc(Br)ccc1F.Nc1cc(C2CC2)ccc1F.O=[N+]([O-])c1cc(Br)ccc1F.OB(O)C1CC1. The maximum atomic E-state index is 12.7. The molecule has 0 radical (unpaired) electrons. The average Bonchev–Trinajstić information content (AvgIpc) is 3.73. The normalized spacial score (nSPS) is 13.6. The lowest BCUT2D eigenvalue weighted by Gasteiger charge is -1.99. The molecule has 0 bridgehead atoms. The molecule has 13 heteroatoms. The van der Waals surface area contributed by atoms with Crippen LogP contribution in [0.3, 0.4) is 0 Å². The van der Waals surface area contributed by atoms with Gasteiger partial charge in [-0.05, 0) is 72.6 Å². The summed E-state index contributed by atoms with van der Waals surface area (Å²) in [5.74, 6) is -0.645. The van der Waals surface area contributed by atoms with E-state index in [0.717, 1.165) is 29.4 Å². The van der Waals surface area contributed by atoms with Crippen molar-refractivity contribution < 1.29 is 28.1 Å². The van der Waals surface area contributed by atoms with Crippen LogP contribution in [0.1, 0.15) is 37.2 Å². The summed E-state index contributed by atoms with van der Waals surface area (Å²) in [7, 11) is -1.04. The molecule has 2 aliphatic rings. The maximum absolute atomic E-state index is 12.7. The molecule has 2 saturated carbocycles. The van der Waals surface area contributed by atoms with E-state index in [0.29, 0.717) is 10.4 Å². The van der Waals surface area contributed by atoms with Gasteiger partial charge in [0.2, 0.25) is 5.82 Å². The second-order valence-electron chi connectivity index (χ2n) is 8.32. The van der Waals surface area contributed by atoms with Gasteiger partial charge >= 0.3 is 12.8 Å². The van der Waals surface area contributed by atoms with Crippen molar-refractivity contribution in [2.24, 2.45) is 0 Å². The Bertz CT molecular complexity index is 1220. The van der Waals surface area contributed by atoms with Gasteiger partial charge in [0.25, 0.3) is 0 Å². The first-order valence-corrected chi connectivity index (χ1v) is 12.7. The zero-order chi connectivity index (χ0) is 27.7. The number of rotatable bonds is 3. The molecule has 0 atom stereocenters. The minimum Gasteiger partial charge on any atom is -0.427 e. The molecule has 0 amide bonds. The molecule has 0 heterocycles. The number of nitrogen functional groups attached to an aromatic ring is 2. The Hall–Kier alpha value is -2.61. The summed E-state index contributed by atoms with van der Waals surface area (Å²) < 4.78 is 38.9. The highest BCUT2D eigenvalue weighted by Gasteiger charge is 2.33. The van der Waals surface area contributed by atoms with Gasteiger partial charge in [0.05, 0.1) is 16.3 Å². The van der Waals surface area contributed by atoms with Gasteiger partial charge in [0, 0.05) is 15.0 Å². The molecule has 2 fully saturated rings. The second-order valence-corrected chi connectivity index (χ2v) is 10.2. The molecule has 0 aromatic heterocycles. The molecule has 3 aromatic rings.